The molecular weight excluding hydrogens is 353 g/mol. The van der Waals surface area contributed by atoms with E-state index < -0.39 is 8.07 Å². The zero-order valence-corrected chi connectivity index (χ0v) is 16.3. The Morgan fingerprint density at radius 1 is 1.50 bits per heavy atom. The van der Waals surface area contributed by atoms with Crippen LogP contribution < -0.4 is 0 Å². The Morgan fingerprint density at radius 3 is 2.85 bits per heavy atom. The highest BCUT2D eigenvalue weighted by atomic mass is 79.9. The Hall–Kier alpha value is 0.257. The van der Waals surface area contributed by atoms with Gasteiger partial charge >= 0.3 is 0 Å². The fourth-order valence-corrected chi connectivity index (χ4v) is 4.02. The highest BCUT2D eigenvalue weighted by Crippen LogP contribution is 2.34. The van der Waals surface area contributed by atoms with Crippen LogP contribution in [0.3, 0.4) is 0 Å². The predicted octanol–water partition coefficient (Wildman–Crippen LogP) is 3.88. The number of aromatic nitrogens is 2. The standard InChI is InChI=1S/C13H25BrN3OPSi/c1-20(2,3)8-7-18-10-16-9-12(14)15-13(16)11-5-4-6-17(11)19/h9,11H,4-8,10,19H2,1-3H3/t11-/m0/s1. The molecule has 0 bridgehead atoms. The van der Waals surface area contributed by atoms with Crippen molar-refractivity contribution in [3.63, 3.8) is 0 Å². The van der Waals surface area contributed by atoms with Crippen molar-refractivity contribution in [3.05, 3.63) is 16.6 Å². The molecule has 0 aromatic carbocycles. The minimum Gasteiger partial charge on any atom is -0.361 e. The van der Waals surface area contributed by atoms with Crippen molar-refractivity contribution >= 4 is 33.4 Å². The first kappa shape index (κ1) is 16.6. The molecule has 1 saturated heterocycles. The van der Waals surface area contributed by atoms with E-state index in [1.54, 1.807) is 0 Å². The van der Waals surface area contributed by atoms with Crippen molar-refractivity contribution in [2.24, 2.45) is 0 Å². The lowest BCUT2D eigenvalue weighted by Crippen LogP contribution is -2.22. The van der Waals surface area contributed by atoms with Crippen LogP contribution in [0.5, 0.6) is 0 Å². The maximum absolute atomic E-state index is 5.86. The molecule has 4 nitrogen and oxygen atoms in total. The number of halogens is 1. The third-order valence-electron chi connectivity index (χ3n) is 3.60. The second-order valence-corrected chi connectivity index (χ2v) is 13.7. The molecule has 20 heavy (non-hydrogen) atoms. The van der Waals surface area contributed by atoms with E-state index in [9.17, 15) is 0 Å². The molecule has 0 radical (unpaired) electrons. The molecule has 1 aromatic heterocycles. The van der Waals surface area contributed by atoms with Gasteiger partial charge in [-0.2, -0.15) is 0 Å². The molecule has 0 spiro atoms. The summed E-state index contributed by atoms with van der Waals surface area (Å²) in [6.45, 7) is 9.70. The Bertz CT molecular complexity index is 449. The fraction of sp³-hybridized carbons (Fsp3) is 0.769. The van der Waals surface area contributed by atoms with E-state index in [4.69, 9.17) is 4.74 Å². The molecule has 2 atom stereocenters. The lowest BCUT2D eigenvalue weighted by molar-refractivity contribution is 0.0831. The molecule has 0 amide bonds. The monoisotopic (exact) mass is 377 g/mol. The third-order valence-corrected chi connectivity index (χ3v) is 6.30. The molecule has 7 heteroatoms. The largest absolute Gasteiger partial charge is 0.361 e. The first-order valence-electron chi connectivity index (χ1n) is 7.18. The van der Waals surface area contributed by atoms with E-state index in [-0.39, 0.29) is 0 Å². The average Bonchev–Trinajstić information content (AvgIpc) is 2.89. The molecule has 2 rings (SSSR count). The van der Waals surface area contributed by atoms with Crippen molar-refractivity contribution in [1.82, 2.24) is 14.2 Å². The van der Waals surface area contributed by atoms with Crippen LogP contribution in [0.4, 0.5) is 0 Å². The molecule has 1 aromatic rings. The van der Waals surface area contributed by atoms with Gasteiger partial charge in [0.2, 0.25) is 0 Å². The van der Waals surface area contributed by atoms with E-state index in [0.29, 0.717) is 12.8 Å². The normalized spacial score (nSPS) is 20.8. The van der Waals surface area contributed by atoms with Gasteiger partial charge in [-0.3, -0.25) is 4.67 Å². The minimum absolute atomic E-state index is 0.395. The van der Waals surface area contributed by atoms with E-state index >= 15 is 0 Å². The number of imidazole rings is 1. The quantitative estimate of drug-likeness (QED) is 0.428. The van der Waals surface area contributed by atoms with Gasteiger partial charge in [0, 0.05) is 27.4 Å². The molecule has 1 aliphatic heterocycles. The summed E-state index contributed by atoms with van der Waals surface area (Å²) in [4.78, 5) is 4.62. The number of nitrogens with zero attached hydrogens (tertiary/aromatic N) is 3. The summed E-state index contributed by atoms with van der Waals surface area (Å²) in [5.74, 6) is 1.11. The van der Waals surface area contributed by atoms with Gasteiger partial charge in [0.25, 0.3) is 0 Å². The van der Waals surface area contributed by atoms with Gasteiger partial charge in [-0.1, -0.05) is 29.0 Å². The van der Waals surface area contributed by atoms with Crippen molar-refractivity contribution in [2.75, 3.05) is 13.2 Å². The lowest BCUT2D eigenvalue weighted by atomic mass is 10.2. The molecule has 0 saturated carbocycles. The summed E-state index contributed by atoms with van der Waals surface area (Å²) in [5.41, 5.74) is 0. The van der Waals surface area contributed by atoms with Crippen LogP contribution in [0.2, 0.25) is 25.7 Å². The highest BCUT2D eigenvalue weighted by Gasteiger charge is 2.27. The lowest BCUT2D eigenvalue weighted by Gasteiger charge is -2.20. The molecule has 114 valence electrons. The molecule has 0 N–H and O–H groups in total. The van der Waals surface area contributed by atoms with Crippen LogP contribution in [-0.4, -0.2) is 35.4 Å². The predicted molar refractivity (Wildman–Crippen MR) is 92.4 cm³/mol. The average molecular weight is 378 g/mol. The summed E-state index contributed by atoms with van der Waals surface area (Å²) in [7, 11) is 1.81. The zero-order chi connectivity index (χ0) is 14.8. The molecule has 2 heterocycles. The Labute approximate surface area is 133 Å². The van der Waals surface area contributed by atoms with Crippen LogP contribution >= 0.6 is 25.3 Å². The topological polar surface area (TPSA) is 30.3 Å². The van der Waals surface area contributed by atoms with Crippen LogP contribution in [0.15, 0.2) is 10.8 Å². The maximum atomic E-state index is 5.86. The van der Waals surface area contributed by atoms with Gasteiger partial charge < -0.3 is 9.30 Å². The molecular formula is C13H25BrN3OPSi. The van der Waals surface area contributed by atoms with Crippen molar-refractivity contribution in [2.45, 2.75) is 51.3 Å². The maximum Gasteiger partial charge on any atom is 0.129 e. The van der Waals surface area contributed by atoms with Crippen LogP contribution in [0, 0.1) is 0 Å². The van der Waals surface area contributed by atoms with Gasteiger partial charge in [-0.25, -0.2) is 4.98 Å². The van der Waals surface area contributed by atoms with E-state index in [1.807, 2.05) is 6.20 Å². The second kappa shape index (κ2) is 7.01. The Kier molecular flexibility index (Phi) is 5.83. The zero-order valence-electron chi connectivity index (χ0n) is 12.6. The fourth-order valence-electron chi connectivity index (χ4n) is 2.37. The number of hydrogen-bond acceptors (Lipinski definition) is 3. The summed E-state index contributed by atoms with van der Waals surface area (Å²) >= 11 is 3.48. The first-order valence-corrected chi connectivity index (χ1v) is 12.2. The number of hydrogen-bond donors (Lipinski definition) is 0. The summed E-state index contributed by atoms with van der Waals surface area (Å²) in [6.07, 6.45) is 4.43. The van der Waals surface area contributed by atoms with Gasteiger partial charge in [-0.15, -0.1) is 0 Å². The molecule has 1 unspecified atom stereocenters. The Balaban J connectivity index is 1.94. The van der Waals surface area contributed by atoms with E-state index in [1.165, 1.54) is 18.9 Å². The first-order chi connectivity index (χ1) is 9.37. The molecule has 0 aliphatic carbocycles. The smallest absolute Gasteiger partial charge is 0.129 e. The summed E-state index contributed by atoms with van der Waals surface area (Å²) < 4.78 is 11.2. The van der Waals surface area contributed by atoms with Gasteiger partial charge in [0.05, 0.1) is 6.04 Å². The van der Waals surface area contributed by atoms with Gasteiger partial charge in [0.15, 0.2) is 0 Å². The van der Waals surface area contributed by atoms with Crippen LogP contribution in [0.1, 0.15) is 24.7 Å². The highest BCUT2D eigenvalue weighted by molar-refractivity contribution is 9.10. The minimum atomic E-state index is -1.01. The second-order valence-electron chi connectivity index (χ2n) is 6.64. The van der Waals surface area contributed by atoms with E-state index in [0.717, 1.165) is 23.6 Å². The number of rotatable bonds is 6. The molecule has 1 fully saturated rings. The van der Waals surface area contributed by atoms with Crippen molar-refractivity contribution < 1.29 is 4.74 Å². The Morgan fingerprint density at radius 2 is 2.25 bits per heavy atom. The van der Waals surface area contributed by atoms with Gasteiger partial charge in [-0.05, 0) is 34.8 Å². The third kappa shape index (κ3) is 4.63. The van der Waals surface area contributed by atoms with E-state index in [2.05, 4.69) is 59.2 Å². The van der Waals surface area contributed by atoms with Crippen molar-refractivity contribution in [1.29, 1.82) is 0 Å². The summed E-state index contributed by atoms with van der Waals surface area (Å²) in [5, 5.41) is 0. The molecule has 1 aliphatic rings. The number of ether oxygens (including phenoxy) is 1. The summed E-state index contributed by atoms with van der Waals surface area (Å²) in [6, 6.07) is 1.60. The van der Waals surface area contributed by atoms with Crippen molar-refractivity contribution in [3.8, 4) is 0 Å². The SMILES string of the molecule is C[Si](C)(C)CCOCn1cc(Br)nc1[C@@H]1CCCN1P. The van der Waals surface area contributed by atoms with Crippen LogP contribution in [0.25, 0.3) is 0 Å². The van der Waals surface area contributed by atoms with Crippen LogP contribution in [-0.2, 0) is 11.5 Å². The van der Waals surface area contributed by atoms with Gasteiger partial charge in [0.1, 0.15) is 17.2 Å².